The molecule has 0 spiro atoms. The third kappa shape index (κ3) is 4.80. The van der Waals surface area contributed by atoms with Gasteiger partial charge in [0.2, 0.25) is 0 Å². The molecule has 9 heteroatoms. The molecule has 0 N–H and O–H groups in total. The van der Waals surface area contributed by atoms with Gasteiger partial charge >= 0.3 is 0 Å². The number of sulfone groups is 1. The van der Waals surface area contributed by atoms with E-state index in [2.05, 4.69) is 4.98 Å². The van der Waals surface area contributed by atoms with Crippen LogP contribution in [0.25, 0.3) is 10.2 Å². The highest BCUT2D eigenvalue weighted by Crippen LogP contribution is 2.30. The van der Waals surface area contributed by atoms with E-state index in [0.717, 1.165) is 0 Å². The fourth-order valence-corrected chi connectivity index (χ4v) is 4.61. The molecule has 6 nitrogen and oxygen atoms in total. The number of rotatable bonds is 7. The molecule has 0 bridgehead atoms. The summed E-state index contributed by atoms with van der Waals surface area (Å²) in [5, 5.41) is 0.475. The highest BCUT2D eigenvalue weighted by atomic mass is 32.2. The molecule has 0 aliphatic rings. The summed E-state index contributed by atoms with van der Waals surface area (Å²) in [6, 6.07) is 10.2. The van der Waals surface area contributed by atoms with E-state index in [9.17, 15) is 17.6 Å². The largest absolute Gasteiger partial charge is 0.308 e. The van der Waals surface area contributed by atoms with Gasteiger partial charge in [0, 0.05) is 18.7 Å². The minimum atomic E-state index is -3.33. The van der Waals surface area contributed by atoms with Gasteiger partial charge in [0.15, 0.2) is 15.0 Å². The Morgan fingerprint density at radius 1 is 1.10 bits per heavy atom. The van der Waals surface area contributed by atoms with E-state index in [1.807, 2.05) is 19.0 Å². The molecule has 1 amide bonds. The smallest absolute Gasteiger partial charge is 0.260 e. The van der Waals surface area contributed by atoms with E-state index < -0.39 is 9.84 Å². The molecule has 0 saturated heterocycles. The Bertz CT molecular complexity index is 1130. The van der Waals surface area contributed by atoms with Crippen LogP contribution < -0.4 is 4.90 Å². The van der Waals surface area contributed by atoms with Crippen LogP contribution in [0, 0.1) is 5.82 Å². The van der Waals surface area contributed by atoms with Crippen LogP contribution in [0.3, 0.4) is 0 Å². The highest BCUT2D eigenvalue weighted by Gasteiger charge is 2.22. The summed E-state index contributed by atoms with van der Waals surface area (Å²) >= 11 is 1.24. The molecule has 0 radical (unpaired) electrons. The van der Waals surface area contributed by atoms with Crippen molar-refractivity contribution < 1.29 is 17.6 Å². The molecule has 29 heavy (non-hydrogen) atoms. The molecule has 0 aliphatic carbocycles. The number of carbonyl (C=O) groups is 1. The first-order valence-electron chi connectivity index (χ1n) is 9.07. The fourth-order valence-electron chi connectivity index (χ4n) is 2.71. The van der Waals surface area contributed by atoms with Gasteiger partial charge < -0.3 is 4.90 Å². The van der Waals surface area contributed by atoms with Crippen LogP contribution in [0.1, 0.15) is 17.3 Å². The van der Waals surface area contributed by atoms with Crippen molar-refractivity contribution in [3.05, 3.63) is 53.8 Å². The van der Waals surface area contributed by atoms with Gasteiger partial charge in [-0.1, -0.05) is 18.3 Å². The Labute approximate surface area is 173 Å². The Balaban J connectivity index is 1.96. The second-order valence-electron chi connectivity index (χ2n) is 6.80. The van der Waals surface area contributed by atoms with Gasteiger partial charge in [-0.05, 0) is 56.6 Å². The van der Waals surface area contributed by atoms with Gasteiger partial charge in [-0.15, -0.1) is 0 Å². The van der Waals surface area contributed by atoms with E-state index in [4.69, 9.17) is 0 Å². The lowest BCUT2D eigenvalue weighted by molar-refractivity contribution is 0.0985. The maximum absolute atomic E-state index is 13.5. The third-order valence-electron chi connectivity index (χ3n) is 4.43. The number of hydrogen-bond acceptors (Lipinski definition) is 6. The first-order chi connectivity index (χ1) is 13.7. The van der Waals surface area contributed by atoms with Crippen molar-refractivity contribution in [3.63, 3.8) is 0 Å². The van der Waals surface area contributed by atoms with Crippen molar-refractivity contribution in [3.8, 4) is 0 Å². The maximum atomic E-state index is 13.5. The van der Waals surface area contributed by atoms with E-state index in [1.165, 1.54) is 47.7 Å². The third-order valence-corrected chi connectivity index (χ3v) is 7.22. The average molecular weight is 436 g/mol. The normalized spacial score (nSPS) is 11.9. The number of fused-ring (bicyclic) bond motifs is 1. The molecule has 3 rings (SSSR count). The Hall–Kier alpha value is -2.36. The number of thiazole rings is 1. The summed E-state index contributed by atoms with van der Waals surface area (Å²) in [7, 11) is 0.474. The Morgan fingerprint density at radius 3 is 2.41 bits per heavy atom. The van der Waals surface area contributed by atoms with Gasteiger partial charge in [-0.2, -0.15) is 0 Å². The summed E-state index contributed by atoms with van der Waals surface area (Å²) in [6.45, 7) is 2.58. The Kier molecular flexibility index (Phi) is 6.30. The van der Waals surface area contributed by atoms with Crippen LogP contribution in [0.2, 0.25) is 0 Å². The number of anilines is 1. The molecule has 0 fully saturated rings. The van der Waals surface area contributed by atoms with Gasteiger partial charge in [-0.25, -0.2) is 17.8 Å². The molecule has 1 heterocycles. The first kappa shape index (κ1) is 21.4. The van der Waals surface area contributed by atoms with Gasteiger partial charge in [0.1, 0.15) is 5.82 Å². The van der Waals surface area contributed by atoms with E-state index in [0.29, 0.717) is 34.0 Å². The van der Waals surface area contributed by atoms with Crippen LogP contribution in [-0.2, 0) is 9.84 Å². The second-order valence-corrected chi connectivity index (χ2v) is 10.1. The molecule has 0 atom stereocenters. The predicted octanol–water partition coefficient (Wildman–Crippen LogP) is 3.44. The number of halogens is 1. The molecule has 0 aliphatic heterocycles. The van der Waals surface area contributed by atoms with Gasteiger partial charge in [-0.3, -0.25) is 9.69 Å². The number of carbonyl (C=O) groups excluding carboxylic acids is 1. The quantitative estimate of drug-likeness (QED) is 0.569. The minimum absolute atomic E-state index is 0.00246. The molecule has 1 aromatic heterocycles. The molecule has 3 aromatic rings. The molecule has 0 saturated carbocycles. The lowest BCUT2D eigenvalue weighted by atomic mass is 10.2. The minimum Gasteiger partial charge on any atom is -0.308 e. The number of nitrogens with zero attached hydrogens (tertiary/aromatic N) is 3. The monoisotopic (exact) mass is 435 g/mol. The van der Waals surface area contributed by atoms with E-state index in [1.54, 1.807) is 17.9 Å². The number of benzene rings is 2. The molecule has 2 aromatic carbocycles. The van der Waals surface area contributed by atoms with Gasteiger partial charge in [0.25, 0.3) is 5.91 Å². The summed E-state index contributed by atoms with van der Waals surface area (Å²) in [6.07, 6.45) is 0. The van der Waals surface area contributed by atoms with Crippen molar-refractivity contribution in [2.75, 3.05) is 37.8 Å². The lowest BCUT2D eigenvalue weighted by Crippen LogP contribution is -2.36. The number of likely N-dealkylation sites (N-methyl/N-ethyl adjacent to an activating group) is 1. The highest BCUT2D eigenvalue weighted by molar-refractivity contribution is 7.91. The van der Waals surface area contributed by atoms with Crippen LogP contribution in [0.5, 0.6) is 0 Å². The molecule has 0 unspecified atom stereocenters. The van der Waals surface area contributed by atoms with Crippen LogP contribution in [0.4, 0.5) is 9.52 Å². The number of hydrogen-bond donors (Lipinski definition) is 0. The standard InChI is InChI=1S/C20H22FN3O3S2/c1-4-29(26,27)16-8-5-14(6-9-16)19(25)24(12-11-23(2)3)20-22-17-10-7-15(21)13-18(17)28-20/h5-10,13H,4,11-12H2,1-3H3. The van der Waals surface area contributed by atoms with Crippen molar-refractivity contribution in [1.29, 1.82) is 0 Å². The predicted molar refractivity (Wildman–Crippen MR) is 114 cm³/mol. The fraction of sp³-hybridized carbons (Fsp3) is 0.300. The van der Waals surface area contributed by atoms with Crippen molar-refractivity contribution in [2.45, 2.75) is 11.8 Å². The van der Waals surface area contributed by atoms with Crippen molar-refractivity contribution in [2.24, 2.45) is 0 Å². The molecule has 154 valence electrons. The summed E-state index contributed by atoms with van der Waals surface area (Å²) in [5.41, 5.74) is 0.989. The van der Waals surface area contributed by atoms with Crippen LogP contribution >= 0.6 is 11.3 Å². The average Bonchev–Trinajstić information content (AvgIpc) is 3.10. The first-order valence-corrected chi connectivity index (χ1v) is 11.5. The zero-order valence-corrected chi connectivity index (χ0v) is 18.1. The van der Waals surface area contributed by atoms with Crippen molar-refractivity contribution in [1.82, 2.24) is 9.88 Å². The topological polar surface area (TPSA) is 70.6 Å². The molecular formula is C20H22FN3O3S2. The number of aromatic nitrogens is 1. The molecular weight excluding hydrogens is 413 g/mol. The lowest BCUT2D eigenvalue weighted by Gasteiger charge is -2.22. The van der Waals surface area contributed by atoms with Gasteiger partial charge in [0.05, 0.1) is 20.9 Å². The Morgan fingerprint density at radius 2 is 1.79 bits per heavy atom. The van der Waals surface area contributed by atoms with E-state index >= 15 is 0 Å². The van der Waals surface area contributed by atoms with Crippen LogP contribution in [-0.4, -0.2) is 57.1 Å². The SMILES string of the molecule is CCS(=O)(=O)c1ccc(C(=O)N(CCN(C)C)c2nc3ccc(F)cc3s2)cc1. The summed E-state index contributed by atoms with van der Waals surface area (Å²) in [5.74, 6) is -0.643. The summed E-state index contributed by atoms with van der Waals surface area (Å²) in [4.78, 5) is 21.4. The van der Waals surface area contributed by atoms with Crippen LogP contribution in [0.15, 0.2) is 47.4 Å². The zero-order chi connectivity index (χ0) is 21.2. The summed E-state index contributed by atoms with van der Waals surface area (Å²) < 4.78 is 38.2. The maximum Gasteiger partial charge on any atom is 0.260 e. The van der Waals surface area contributed by atoms with E-state index in [-0.39, 0.29) is 22.4 Å². The second kappa shape index (κ2) is 8.56. The zero-order valence-electron chi connectivity index (χ0n) is 16.4. The number of amides is 1. The van der Waals surface area contributed by atoms with Crippen molar-refractivity contribution >= 4 is 42.4 Å².